The van der Waals surface area contributed by atoms with E-state index in [9.17, 15) is 19.5 Å². The van der Waals surface area contributed by atoms with Crippen molar-refractivity contribution in [3.63, 3.8) is 0 Å². The fourth-order valence-electron chi connectivity index (χ4n) is 7.42. The number of benzene rings is 2. The van der Waals surface area contributed by atoms with Crippen LogP contribution in [-0.4, -0.2) is 70.3 Å². The molecule has 4 heterocycles. The van der Waals surface area contributed by atoms with Gasteiger partial charge in [-0.2, -0.15) is 0 Å². The lowest BCUT2D eigenvalue weighted by molar-refractivity contribution is -0.146. The molecule has 3 aromatic rings. The number of hydrogen-bond donors (Lipinski definition) is 4. The van der Waals surface area contributed by atoms with Crippen LogP contribution in [0.3, 0.4) is 0 Å². The molecule has 0 bridgehead atoms. The Balaban J connectivity index is 1.36. The molecule has 1 aromatic heterocycles. The molecule has 44 heavy (non-hydrogen) atoms. The van der Waals surface area contributed by atoms with Gasteiger partial charge in [-0.05, 0) is 62.7 Å². The van der Waals surface area contributed by atoms with E-state index in [2.05, 4.69) is 20.9 Å². The van der Waals surface area contributed by atoms with Crippen LogP contribution in [0.4, 0.5) is 11.4 Å². The van der Waals surface area contributed by atoms with Gasteiger partial charge in [0.25, 0.3) is 5.91 Å². The van der Waals surface area contributed by atoms with Crippen molar-refractivity contribution in [3.8, 4) is 0 Å². The summed E-state index contributed by atoms with van der Waals surface area (Å²) in [5.74, 6) is -0.564. The number of aliphatic hydroxyl groups excluding tert-OH is 1. The van der Waals surface area contributed by atoms with Gasteiger partial charge in [-0.3, -0.25) is 14.3 Å². The Morgan fingerprint density at radius 1 is 1.23 bits per heavy atom. The molecule has 1 spiro atoms. The van der Waals surface area contributed by atoms with Crippen LogP contribution in [0.5, 0.6) is 0 Å². The highest BCUT2D eigenvalue weighted by Gasteiger charge is 2.66. The number of carbonyl (C=O) groups excluding carboxylic acids is 2. The van der Waals surface area contributed by atoms with Crippen molar-refractivity contribution in [2.45, 2.75) is 82.1 Å². The lowest BCUT2D eigenvalue weighted by Gasteiger charge is -2.32. The number of rotatable bonds is 10. The van der Waals surface area contributed by atoms with E-state index in [1.165, 1.54) is 0 Å². The maximum absolute atomic E-state index is 14.7. The molecule has 5 atom stereocenters. The number of aromatic nitrogens is 3. The first-order valence-corrected chi connectivity index (χ1v) is 18.6. The van der Waals surface area contributed by atoms with Gasteiger partial charge in [-0.25, -0.2) is 0 Å². The molecule has 0 aliphatic carbocycles. The molecule has 0 radical (unpaired) electrons. The molecule has 2 saturated heterocycles. The highest BCUT2D eigenvalue weighted by Crippen LogP contribution is 2.60. The van der Waals surface area contributed by atoms with Gasteiger partial charge in [-0.15, -0.1) is 5.10 Å². The fourth-order valence-corrected chi connectivity index (χ4v) is 10.0. The molecule has 2 amide bonds. The number of ether oxygens (including phenoxy) is 1. The van der Waals surface area contributed by atoms with Gasteiger partial charge in [-0.1, -0.05) is 42.5 Å². The van der Waals surface area contributed by atoms with E-state index in [0.717, 1.165) is 36.2 Å². The average molecular weight is 619 g/mol. The summed E-state index contributed by atoms with van der Waals surface area (Å²) in [6, 6.07) is 15.3. The van der Waals surface area contributed by atoms with Gasteiger partial charge in [0.15, 0.2) is 13.9 Å². The van der Waals surface area contributed by atoms with Crippen LogP contribution in [0.25, 0.3) is 0 Å². The number of aryl methyl sites for hydroxylation is 1. The molecule has 2 aromatic carbocycles. The zero-order valence-corrected chi connectivity index (χ0v) is 26.6. The second kappa shape index (κ2) is 12.2. The molecule has 234 valence electrons. The lowest BCUT2D eigenvalue weighted by Crippen LogP contribution is -2.46. The Kier molecular flexibility index (Phi) is 8.46. The largest absolute Gasteiger partial charge is 0.432 e. The van der Waals surface area contributed by atoms with E-state index in [-0.39, 0.29) is 35.9 Å². The van der Waals surface area contributed by atoms with Crippen molar-refractivity contribution in [2.75, 3.05) is 23.4 Å². The van der Waals surface area contributed by atoms with Gasteiger partial charge < -0.3 is 30.2 Å². The molecule has 3 aliphatic heterocycles. The topological polar surface area (TPSA) is 142 Å². The Morgan fingerprint density at radius 3 is 2.73 bits per heavy atom. The number of hydrogen-bond acceptors (Lipinski definition) is 8. The monoisotopic (exact) mass is 618 g/mol. The second-order valence-electron chi connectivity index (χ2n) is 12.8. The summed E-state index contributed by atoms with van der Waals surface area (Å²) in [5, 5.41) is 23.9. The van der Waals surface area contributed by atoms with E-state index in [1.54, 1.807) is 9.58 Å². The molecular formula is C32H42N6O5Si. The first kappa shape index (κ1) is 30.6. The van der Waals surface area contributed by atoms with Crippen molar-refractivity contribution in [1.82, 2.24) is 20.3 Å². The molecule has 0 saturated carbocycles. The van der Waals surface area contributed by atoms with Crippen LogP contribution < -0.4 is 15.5 Å². The zero-order valence-electron chi connectivity index (χ0n) is 25.6. The van der Waals surface area contributed by atoms with Gasteiger partial charge in [0, 0.05) is 48.5 Å². The number of carbonyl (C=O) groups is 2. The van der Waals surface area contributed by atoms with Gasteiger partial charge in [0.1, 0.15) is 0 Å². The minimum atomic E-state index is -2.85. The van der Waals surface area contributed by atoms with E-state index in [4.69, 9.17) is 4.74 Å². The molecular weight excluding hydrogens is 576 g/mol. The first-order chi connectivity index (χ1) is 21.1. The summed E-state index contributed by atoms with van der Waals surface area (Å²) in [4.78, 5) is 41.1. The summed E-state index contributed by atoms with van der Waals surface area (Å²) in [6.45, 7) is 7.53. The third kappa shape index (κ3) is 5.61. The van der Waals surface area contributed by atoms with Crippen molar-refractivity contribution in [1.29, 1.82) is 0 Å². The third-order valence-electron chi connectivity index (χ3n) is 9.41. The molecule has 12 heteroatoms. The molecule has 0 unspecified atom stereocenters. The van der Waals surface area contributed by atoms with Crippen LogP contribution in [0, 0.1) is 5.92 Å². The Bertz CT molecular complexity index is 1500. The SMILES string of the molecule is C[C@@H]1[C@@H]([Si](C)(C)O)[C@H](CCn2cc(CCO)nn2)O[C@@]12C(=O)N(Cc1ccccc1)c1ccc(NC(=O)[C@H]3CCCN3)cc12. The Morgan fingerprint density at radius 2 is 2.02 bits per heavy atom. The van der Waals surface area contributed by atoms with Crippen molar-refractivity contribution < 1.29 is 24.2 Å². The third-order valence-corrected chi connectivity index (χ3v) is 11.9. The van der Waals surface area contributed by atoms with E-state index in [1.807, 2.05) is 74.7 Å². The Hall–Kier alpha value is -3.42. The number of amides is 2. The molecule has 6 rings (SSSR count). The maximum atomic E-state index is 14.7. The number of nitrogens with zero attached hydrogens (tertiary/aromatic N) is 4. The first-order valence-electron chi connectivity index (χ1n) is 15.6. The van der Waals surface area contributed by atoms with Crippen LogP contribution in [0.15, 0.2) is 54.7 Å². The second-order valence-corrected chi connectivity index (χ2v) is 16.8. The summed E-state index contributed by atoms with van der Waals surface area (Å²) < 4.78 is 8.69. The van der Waals surface area contributed by atoms with Crippen molar-refractivity contribution in [3.05, 3.63) is 71.5 Å². The molecule has 11 nitrogen and oxygen atoms in total. The highest BCUT2D eigenvalue weighted by molar-refractivity contribution is 6.71. The smallest absolute Gasteiger partial charge is 0.264 e. The molecule has 2 fully saturated rings. The number of aliphatic hydroxyl groups is 1. The van der Waals surface area contributed by atoms with Gasteiger partial charge in [0.05, 0.1) is 30.1 Å². The predicted molar refractivity (Wildman–Crippen MR) is 168 cm³/mol. The molecule has 3 aliphatic rings. The average Bonchev–Trinajstić information content (AvgIpc) is 3.78. The number of nitrogens with one attached hydrogen (secondary N) is 2. The zero-order chi connectivity index (χ0) is 31.1. The lowest BCUT2D eigenvalue weighted by atomic mass is 9.82. The summed E-state index contributed by atoms with van der Waals surface area (Å²) in [7, 11) is -2.85. The predicted octanol–water partition coefficient (Wildman–Crippen LogP) is 2.94. The quantitative estimate of drug-likeness (QED) is 0.254. The summed E-state index contributed by atoms with van der Waals surface area (Å²) >= 11 is 0. The summed E-state index contributed by atoms with van der Waals surface area (Å²) in [6.07, 6.45) is 4.11. The fraction of sp³-hybridized carbons (Fsp3) is 0.500. The van der Waals surface area contributed by atoms with E-state index in [0.29, 0.717) is 37.3 Å². The molecule has 4 N–H and O–H groups in total. The standard InChI is InChI=1S/C32H42N6O5Si/c1-21-29(44(2,3)42)28(13-16-37-20-24(14-17-39)35-36-37)43-32(21)25-18-23(34-30(40)26-10-7-15-33-26)11-12-27(25)38(31(32)41)19-22-8-5-4-6-9-22/h4-6,8-9,11-12,18,20-21,26,28-29,33,39,42H,7,10,13-17,19H2,1-3H3,(H,34,40)/t21-,26-,28+,29-,32+/m1/s1. The van der Waals surface area contributed by atoms with Gasteiger partial charge in [0.2, 0.25) is 5.91 Å². The minimum Gasteiger partial charge on any atom is -0.432 e. The van der Waals surface area contributed by atoms with Crippen LogP contribution in [0.1, 0.15) is 43.0 Å². The van der Waals surface area contributed by atoms with E-state index < -0.39 is 20.0 Å². The van der Waals surface area contributed by atoms with E-state index >= 15 is 0 Å². The normalized spacial score (nSPS) is 26.5. The van der Waals surface area contributed by atoms with Crippen molar-refractivity contribution >= 4 is 31.5 Å². The number of fused-ring (bicyclic) bond motifs is 2. The summed E-state index contributed by atoms with van der Waals surface area (Å²) in [5.41, 5.74) is 2.24. The Labute approximate surface area is 258 Å². The van der Waals surface area contributed by atoms with Gasteiger partial charge >= 0.3 is 0 Å². The highest BCUT2D eigenvalue weighted by atomic mass is 28.4. The van der Waals surface area contributed by atoms with Crippen molar-refractivity contribution in [2.24, 2.45) is 5.92 Å². The van der Waals surface area contributed by atoms with Crippen LogP contribution >= 0.6 is 0 Å². The van der Waals surface area contributed by atoms with Crippen LogP contribution in [0.2, 0.25) is 18.6 Å². The van der Waals surface area contributed by atoms with Crippen LogP contribution in [-0.2, 0) is 39.4 Å². The minimum absolute atomic E-state index is 0.00253. The number of anilines is 2. The maximum Gasteiger partial charge on any atom is 0.264 e.